The largest absolute Gasteiger partial charge is 0.461 e. The summed E-state index contributed by atoms with van der Waals surface area (Å²) in [6.45, 7) is 2.91. The third kappa shape index (κ3) is 7.69. The summed E-state index contributed by atoms with van der Waals surface area (Å²) in [4.78, 5) is 27.8. The van der Waals surface area contributed by atoms with Crippen LogP contribution in [0.2, 0.25) is 0 Å². The first-order chi connectivity index (χ1) is 15.6. The molecule has 2 heterocycles. The number of carbonyl (C=O) groups is 2. The molecule has 1 amide bonds. The first-order valence-corrected chi connectivity index (χ1v) is 12.1. The fourth-order valence-corrected chi connectivity index (χ4v) is 4.17. The van der Waals surface area contributed by atoms with Gasteiger partial charge < -0.3 is 25.4 Å². The highest BCUT2D eigenvalue weighted by atomic mass is 32.2. The maximum atomic E-state index is 12.1. The molecule has 1 aromatic rings. The van der Waals surface area contributed by atoms with Gasteiger partial charge >= 0.3 is 16.3 Å². The Balaban J connectivity index is 1.81. The molecule has 5 unspecified atom stereocenters. The Morgan fingerprint density at radius 3 is 2.48 bits per heavy atom. The number of rotatable bonds is 12. The lowest BCUT2D eigenvalue weighted by molar-refractivity contribution is -0.122. The van der Waals surface area contributed by atoms with E-state index in [1.54, 1.807) is 16.9 Å². The van der Waals surface area contributed by atoms with Crippen LogP contribution in [-0.2, 0) is 28.8 Å². The van der Waals surface area contributed by atoms with Gasteiger partial charge in [-0.3, -0.25) is 8.98 Å². The van der Waals surface area contributed by atoms with Crippen LogP contribution < -0.4 is 10.5 Å². The molecule has 1 aromatic heterocycles. The van der Waals surface area contributed by atoms with Crippen LogP contribution in [0.3, 0.4) is 0 Å². The van der Waals surface area contributed by atoms with Gasteiger partial charge in [-0.2, -0.15) is 8.42 Å². The Labute approximate surface area is 192 Å². The summed E-state index contributed by atoms with van der Waals surface area (Å²) in [6.07, 6.45) is -2.22. The van der Waals surface area contributed by atoms with E-state index in [9.17, 15) is 28.2 Å². The SMILES string of the molecule is CCC(CC)C(N)C(=O)NS(=O)(=O)OCC1OC(CCOC(=O)c2ccccn2)C(O)C1O. The van der Waals surface area contributed by atoms with E-state index < -0.39 is 59.2 Å². The highest BCUT2D eigenvalue weighted by Gasteiger charge is 2.43. The zero-order valence-electron chi connectivity index (χ0n) is 18.5. The van der Waals surface area contributed by atoms with Gasteiger partial charge in [0.25, 0.3) is 5.91 Å². The minimum Gasteiger partial charge on any atom is -0.461 e. The van der Waals surface area contributed by atoms with Crippen LogP contribution in [0.1, 0.15) is 43.6 Å². The number of nitrogens with two attached hydrogens (primary N) is 1. The van der Waals surface area contributed by atoms with Crippen molar-refractivity contribution in [3.8, 4) is 0 Å². The topological polar surface area (TPSA) is 187 Å². The third-order valence-electron chi connectivity index (χ3n) is 5.44. The van der Waals surface area contributed by atoms with Crippen LogP contribution in [0.4, 0.5) is 0 Å². The average molecular weight is 490 g/mol. The van der Waals surface area contributed by atoms with E-state index in [2.05, 4.69) is 4.98 Å². The number of hydrogen-bond donors (Lipinski definition) is 4. The molecule has 1 fully saturated rings. The van der Waals surface area contributed by atoms with E-state index in [1.165, 1.54) is 12.3 Å². The van der Waals surface area contributed by atoms with Gasteiger partial charge in [0.15, 0.2) is 0 Å². The fourth-order valence-electron chi connectivity index (χ4n) is 3.42. The highest BCUT2D eigenvalue weighted by Crippen LogP contribution is 2.24. The fraction of sp³-hybridized carbons (Fsp3) is 0.650. The van der Waals surface area contributed by atoms with Gasteiger partial charge in [-0.15, -0.1) is 0 Å². The van der Waals surface area contributed by atoms with Crippen LogP contribution in [-0.4, -0.2) is 79.2 Å². The van der Waals surface area contributed by atoms with Gasteiger partial charge in [-0.25, -0.2) is 14.5 Å². The first-order valence-electron chi connectivity index (χ1n) is 10.7. The summed E-state index contributed by atoms with van der Waals surface area (Å²) in [5, 5.41) is 20.3. The number of amides is 1. The Kier molecular flexibility index (Phi) is 10.1. The second-order valence-corrected chi connectivity index (χ2v) is 8.99. The molecule has 0 radical (unpaired) electrons. The maximum Gasteiger partial charge on any atom is 0.362 e. The zero-order chi connectivity index (χ0) is 24.6. The molecular weight excluding hydrogens is 458 g/mol. The van der Waals surface area contributed by atoms with E-state index in [4.69, 9.17) is 19.4 Å². The molecule has 13 heteroatoms. The summed E-state index contributed by atoms with van der Waals surface area (Å²) in [5.41, 5.74) is 5.92. The Hall–Kier alpha value is -2.16. The molecule has 1 aliphatic heterocycles. The molecule has 1 saturated heterocycles. The second kappa shape index (κ2) is 12.3. The predicted molar refractivity (Wildman–Crippen MR) is 115 cm³/mol. The van der Waals surface area contributed by atoms with Crippen molar-refractivity contribution in [1.29, 1.82) is 0 Å². The van der Waals surface area contributed by atoms with Crippen molar-refractivity contribution in [1.82, 2.24) is 9.71 Å². The Morgan fingerprint density at radius 2 is 1.88 bits per heavy atom. The minimum absolute atomic E-state index is 0.0427. The summed E-state index contributed by atoms with van der Waals surface area (Å²) in [6, 6.07) is 3.74. The number of nitrogens with one attached hydrogen (secondary N) is 1. The normalized spacial score (nSPS) is 23.9. The molecule has 0 bridgehead atoms. The zero-order valence-corrected chi connectivity index (χ0v) is 19.3. The van der Waals surface area contributed by atoms with Gasteiger partial charge in [0.2, 0.25) is 0 Å². The van der Waals surface area contributed by atoms with Gasteiger partial charge in [0.1, 0.15) is 24.0 Å². The van der Waals surface area contributed by atoms with Crippen molar-refractivity contribution in [3.05, 3.63) is 30.1 Å². The number of carbonyl (C=O) groups excluding carboxylic acids is 2. The third-order valence-corrected chi connectivity index (χ3v) is 6.34. The van der Waals surface area contributed by atoms with Gasteiger partial charge in [0.05, 0.1) is 25.4 Å². The number of pyridine rings is 1. The predicted octanol–water partition coefficient (Wildman–Crippen LogP) is -0.741. The Morgan fingerprint density at radius 1 is 1.21 bits per heavy atom. The number of nitrogens with zero attached hydrogens (tertiary/aromatic N) is 1. The molecule has 0 spiro atoms. The molecule has 186 valence electrons. The smallest absolute Gasteiger partial charge is 0.362 e. The van der Waals surface area contributed by atoms with E-state index in [0.717, 1.165) is 0 Å². The van der Waals surface area contributed by atoms with Crippen LogP contribution >= 0.6 is 0 Å². The second-order valence-electron chi connectivity index (χ2n) is 7.64. The highest BCUT2D eigenvalue weighted by molar-refractivity contribution is 7.85. The summed E-state index contributed by atoms with van der Waals surface area (Å²) in [7, 11) is -4.51. The Bertz CT molecular complexity index is 880. The van der Waals surface area contributed by atoms with Gasteiger partial charge in [-0.05, 0) is 18.1 Å². The van der Waals surface area contributed by atoms with E-state index in [-0.39, 0.29) is 24.6 Å². The van der Waals surface area contributed by atoms with Crippen LogP contribution in [0, 0.1) is 5.92 Å². The minimum atomic E-state index is -4.51. The van der Waals surface area contributed by atoms with Crippen LogP contribution in [0.15, 0.2) is 24.4 Å². The van der Waals surface area contributed by atoms with E-state index in [1.807, 2.05) is 13.8 Å². The van der Waals surface area contributed by atoms with Crippen molar-refractivity contribution in [2.45, 2.75) is 63.6 Å². The van der Waals surface area contributed by atoms with E-state index >= 15 is 0 Å². The number of aliphatic hydroxyl groups is 2. The summed E-state index contributed by atoms with van der Waals surface area (Å²) >= 11 is 0. The van der Waals surface area contributed by atoms with Crippen molar-refractivity contribution >= 4 is 22.2 Å². The molecule has 33 heavy (non-hydrogen) atoms. The molecule has 1 aliphatic rings. The van der Waals surface area contributed by atoms with Crippen molar-refractivity contribution in [2.75, 3.05) is 13.2 Å². The molecule has 12 nitrogen and oxygen atoms in total. The van der Waals surface area contributed by atoms with Gasteiger partial charge in [0, 0.05) is 12.6 Å². The lowest BCUT2D eigenvalue weighted by Gasteiger charge is -2.20. The molecule has 0 saturated carbocycles. The molecule has 2 rings (SSSR count). The summed E-state index contributed by atoms with van der Waals surface area (Å²) in [5.74, 6) is -1.75. The number of ether oxygens (including phenoxy) is 2. The van der Waals surface area contributed by atoms with Crippen molar-refractivity contribution < 1.29 is 41.9 Å². The maximum absolute atomic E-state index is 12.1. The lowest BCUT2D eigenvalue weighted by Crippen LogP contribution is -2.48. The molecule has 5 N–H and O–H groups in total. The quantitative estimate of drug-likeness (QED) is 0.271. The van der Waals surface area contributed by atoms with Crippen molar-refractivity contribution in [3.63, 3.8) is 0 Å². The number of aliphatic hydroxyl groups excluding tert-OH is 2. The molecule has 0 aliphatic carbocycles. The first kappa shape index (κ1) is 27.1. The monoisotopic (exact) mass is 489 g/mol. The number of hydrogen-bond acceptors (Lipinski definition) is 11. The molecule has 0 aromatic carbocycles. The average Bonchev–Trinajstić information content (AvgIpc) is 3.06. The number of esters is 1. The van der Waals surface area contributed by atoms with E-state index in [0.29, 0.717) is 12.8 Å². The molecular formula is C20H31N3O9S. The molecule has 5 atom stereocenters. The number of aromatic nitrogens is 1. The van der Waals surface area contributed by atoms with Crippen LogP contribution in [0.25, 0.3) is 0 Å². The van der Waals surface area contributed by atoms with Crippen molar-refractivity contribution in [2.24, 2.45) is 11.7 Å². The van der Waals surface area contributed by atoms with Gasteiger partial charge in [-0.1, -0.05) is 32.8 Å². The lowest BCUT2D eigenvalue weighted by atomic mass is 9.95. The summed E-state index contributed by atoms with van der Waals surface area (Å²) < 4.78 is 41.2. The van der Waals surface area contributed by atoms with Crippen LogP contribution in [0.5, 0.6) is 0 Å². The standard InChI is InChI=1S/C20H31N3O9S/c1-3-12(4-2)16(21)19(26)23-33(28,29)31-11-15-18(25)17(24)14(32-15)8-10-30-20(27)13-7-5-6-9-22-13/h5-7,9,12,14-18,24-25H,3-4,8,10-11,21H2,1-2H3,(H,23,26).